The quantitative estimate of drug-likeness (QED) is 0.283. The van der Waals surface area contributed by atoms with Crippen molar-refractivity contribution >= 4 is 11.6 Å². The predicted molar refractivity (Wildman–Crippen MR) is 89.2 cm³/mol. The van der Waals surface area contributed by atoms with Crippen molar-refractivity contribution in [3.05, 3.63) is 52.6 Å². The van der Waals surface area contributed by atoms with Gasteiger partial charge in [0, 0.05) is 31.8 Å². The Hall–Kier alpha value is -2.41. The summed E-state index contributed by atoms with van der Waals surface area (Å²) in [6.45, 7) is 6.25. The van der Waals surface area contributed by atoms with Gasteiger partial charge in [-0.2, -0.15) is 0 Å². The second-order valence-corrected chi connectivity index (χ2v) is 5.45. The molecular weight excluding hydrogens is 296 g/mol. The average Bonchev–Trinajstić information content (AvgIpc) is 2.56. The minimum atomic E-state index is -0.414. The van der Waals surface area contributed by atoms with E-state index in [1.165, 1.54) is 12.1 Å². The number of aliphatic imine (C=N–C) groups is 1. The Labute approximate surface area is 135 Å². The summed E-state index contributed by atoms with van der Waals surface area (Å²) in [6.07, 6.45) is 2.99. The number of guanidine groups is 1. The number of likely N-dealkylation sites (tertiary alicyclic amines) is 1. The van der Waals surface area contributed by atoms with Crippen molar-refractivity contribution in [3.8, 4) is 0 Å². The van der Waals surface area contributed by atoms with Gasteiger partial charge in [0.2, 0.25) is 0 Å². The molecule has 1 heterocycles. The molecule has 1 saturated heterocycles. The lowest BCUT2D eigenvalue weighted by molar-refractivity contribution is -0.384. The third kappa shape index (κ3) is 5.07. The van der Waals surface area contributed by atoms with Gasteiger partial charge in [0.05, 0.1) is 17.6 Å². The molecule has 0 bridgehead atoms. The summed E-state index contributed by atoms with van der Waals surface area (Å²) in [5, 5.41) is 23.5. The number of non-ortho nitro benzene ring substituents is 1. The first-order chi connectivity index (χ1) is 11.1. The van der Waals surface area contributed by atoms with E-state index in [4.69, 9.17) is 0 Å². The summed E-state index contributed by atoms with van der Waals surface area (Å²) in [5.41, 5.74) is 0.985. The summed E-state index contributed by atoms with van der Waals surface area (Å²) >= 11 is 0. The van der Waals surface area contributed by atoms with E-state index in [0.717, 1.165) is 37.5 Å². The molecule has 0 atom stereocenters. The first-order valence-electron chi connectivity index (χ1n) is 7.65. The van der Waals surface area contributed by atoms with Crippen molar-refractivity contribution in [2.45, 2.75) is 25.5 Å². The third-order valence-corrected chi connectivity index (χ3v) is 3.73. The number of aliphatic hydroxyl groups excluding tert-OH is 1. The maximum absolute atomic E-state index is 10.7. The summed E-state index contributed by atoms with van der Waals surface area (Å²) in [5.74, 6) is 0.773. The Balaban J connectivity index is 2.03. The second kappa shape index (κ2) is 8.28. The molecular formula is C16H22N4O3. The van der Waals surface area contributed by atoms with Gasteiger partial charge in [-0.15, -0.1) is 6.58 Å². The molecule has 2 rings (SSSR count). The Morgan fingerprint density at radius 2 is 2.09 bits per heavy atom. The first kappa shape index (κ1) is 17.0. The molecule has 1 aliphatic rings. The van der Waals surface area contributed by atoms with Gasteiger partial charge in [0.15, 0.2) is 5.96 Å². The molecule has 0 unspecified atom stereocenters. The molecule has 0 aliphatic carbocycles. The van der Waals surface area contributed by atoms with Crippen molar-refractivity contribution in [2.24, 2.45) is 4.99 Å². The van der Waals surface area contributed by atoms with Gasteiger partial charge < -0.3 is 15.3 Å². The summed E-state index contributed by atoms with van der Waals surface area (Å²) < 4.78 is 0. The number of benzene rings is 1. The third-order valence-electron chi connectivity index (χ3n) is 3.73. The largest absolute Gasteiger partial charge is 0.393 e. The first-order valence-corrected chi connectivity index (χ1v) is 7.65. The van der Waals surface area contributed by atoms with Gasteiger partial charge in [0.25, 0.3) is 5.69 Å². The Morgan fingerprint density at radius 3 is 2.65 bits per heavy atom. The number of hydrogen-bond acceptors (Lipinski definition) is 4. The number of rotatable bonds is 5. The van der Waals surface area contributed by atoms with Crippen LogP contribution in [0.1, 0.15) is 18.4 Å². The zero-order chi connectivity index (χ0) is 16.7. The van der Waals surface area contributed by atoms with Crippen LogP contribution in [-0.4, -0.2) is 46.6 Å². The van der Waals surface area contributed by atoms with Crippen molar-refractivity contribution in [2.75, 3.05) is 19.6 Å². The highest BCUT2D eigenvalue weighted by Gasteiger charge is 2.19. The molecule has 2 N–H and O–H groups in total. The van der Waals surface area contributed by atoms with E-state index < -0.39 is 4.92 Å². The van der Waals surface area contributed by atoms with Crippen LogP contribution in [0.5, 0.6) is 0 Å². The lowest BCUT2D eigenvalue weighted by Crippen LogP contribution is -2.46. The van der Waals surface area contributed by atoms with E-state index in [9.17, 15) is 15.2 Å². The van der Waals surface area contributed by atoms with Gasteiger partial charge in [0.1, 0.15) is 0 Å². The monoisotopic (exact) mass is 318 g/mol. The smallest absolute Gasteiger partial charge is 0.269 e. The number of nitrogens with one attached hydrogen (secondary N) is 1. The fraction of sp³-hybridized carbons (Fsp3) is 0.438. The number of piperidine rings is 1. The van der Waals surface area contributed by atoms with E-state index in [0.29, 0.717) is 13.1 Å². The van der Waals surface area contributed by atoms with Gasteiger partial charge in [-0.3, -0.25) is 10.1 Å². The van der Waals surface area contributed by atoms with Crippen LogP contribution in [0.2, 0.25) is 0 Å². The maximum atomic E-state index is 10.7. The molecule has 0 saturated carbocycles. The van der Waals surface area contributed by atoms with Crippen molar-refractivity contribution < 1.29 is 10.0 Å². The minimum Gasteiger partial charge on any atom is -0.393 e. The lowest BCUT2D eigenvalue weighted by Gasteiger charge is -2.32. The van der Waals surface area contributed by atoms with E-state index in [1.807, 2.05) is 0 Å². The highest BCUT2D eigenvalue weighted by Crippen LogP contribution is 2.14. The maximum Gasteiger partial charge on any atom is 0.269 e. The highest BCUT2D eigenvalue weighted by atomic mass is 16.6. The number of nitro groups is 1. The van der Waals surface area contributed by atoms with Crippen molar-refractivity contribution in [1.29, 1.82) is 0 Å². The van der Waals surface area contributed by atoms with E-state index in [-0.39, 0.29) is 11.8 Å². The average molecular weight is 318 g/mol. The fourth-order valence-corrected chi connectivity index (χ4v) is 2.40. The van der Waals surface area contributed by atoms with Crippen LogP contribution >= 0.6 is 0 Å². The van der Waals surface area contributed by atoms with Crippen LogP contribution in [0.25, 0.3) is 0 Å². The summed E-state index contributed by atoms with van der Waals surface area (Å²) in [6, 6.07) is 6.40. The van der Waals surface area contributed by atoms with Crippen LogP contribution in [0.4, 0.5) is 5.69 Å². The van der Waals surface area contributed by atoms with Crippen LogP contribution in [0, 0.1) is 10.1 Å². The Morgan fingerprint density at radius 1 is 1.43 bits per heavy atom. The number of nitrogens with zero attached hydrogens (tertiary/aromatic N) is 3. The Bertz CT molecular complexity index is 563. The topological polar surface area (TPSA) is 91.0 Å². The Kier molecular flexibility index (Phi) is 6.10. The molecule has 1 fully saturated rings. The summed E-state index contributed by atoms with van der Waals surface area (Å²) in [4.78, 5) is 16.9. The van der Waals surface area contributed by atoms with Crippen LogP contribution < -0.4 is 5.32 Å². The van der Waals surface area contributed by atoms with Crippen molar-refractivity contribution in [1.82, 2.24) is 10.2 Å². The zero-order valence-corrected chi connectivity index (χ0v) is 13.0. The standard InChI is InChI=1S/C16H22N4O3/c1-2-9-17-16(19-10-7-15(21)8-11-19)18-12-13-3-5-14(6-4-13)20(22)23/h2-6,15,21H,1,7-12H2,(H,17,18). The number of nitro benzene ring substituents is 1. The van der Waals surface area contributed by atoms with E-state index in [1.54, 1.807) is 18.2 Å². The van der Waals surface area contributed by atoms with Gasteiger partial charge in [-0.05, 0) is 18.4 Å². The van der Waals surface area contributed by atoms with Crippen LogP contribution in [0.15, 0.2) is 41.9 Å². The lowest BCUT2D eigenvalue weighted by atomic mass is 10.1. The molecule has 7 nitrogen and oxygen atoms in total. The normalized spacial score (nSPS) is 16.2. The van der Waals surface area contributed by atoms with Gasteiger partial charge >= 0.3 is 0 Å². The van der Waals surface area contributed by atoms with Crippen LogP contribution in [0.3, 0.4) is 0 Å². The van der Waals surface area contributed by atoms with Crippen LogP contribution in [-0.2, 0) is 6.54 Å². The summed E-state index contributed by atoms with van der Waals surface area (Å²) in [7, 11) is 0. The zero-order valence-electron chi connectivity index (χ0n) is 13.0. The minimum absolute atomic E-state index is 0.0766. The predicted octanol–water partition coefficient (Wildman–Crippen LogP) is 1.68. The van der Waals surface area contributed by atoms with E-state index in [2.05, 4.69) is 21.8 Å². The second-order valence-electron chi connectivity index (χ2n) is 5.45. The van der Waals surface area contributed by atoms with E-state index >= 15 is 0 Å². The molecule has 23 heavy (non-hydrogen) atoms. The molecule has 7 heteroatoms. The fourth-order valence-electron chi connectivity index (χ4n) is 2.40. The molecule has 1 aromatic carbocycles. The number of aliphatic hydroxyl groups is 1. The van der Waals surface area contributed by atoms with Gasteiger partial charge in [-0.1, -0.05) is 18.2 Å². The molecule has 1 aliphatic heterocycles. The molecule has 0 spiro atoms. The molecule has 0 aromatic heterocycles. The van der Waals surface area contributed by atoms with Crippen molar-refractivity contribution in [3.63, 3.8) is 0 Å². The molecule has 1 aromatic rings. The molecule has 0 radical (unpaired) electrons. The molecule has 0 amide bonds. The highest BCUT2D eigenvalue weighted by molar-refractivity contribution is 5.80. The number of hydrogen-bond donors (Lipinski definition) is 2. The molecule has 124 valence electrons. The SMILES string of the molecule is C=CCNC(=NCc1ccc([N+](=O)[O-])cc1)N1CCC(O)CC1. The van der Waals surface area contributed by atoms with Gasteiger partial charge in [-0.25, -0.2) is 4.99 Å².